The van der Waals surface area contributed by atoms with Crippen LogP contribution in [0.25, 0.3) is 0 Å². The number of nitrogens with two attached hydrogens (primary N) is 1. The van der Waals surface area contributed by atoms with Crippen LogP contribution in [-0.2, 0) is 10.2 Å². The zero-order valence-corrected chi connectivity index (χ0v) is 8.85. The fraction of sp³-hybridized carbons (Fsp3) is 0.636. The van der Waals surface area contributed by atoms with E-state index in [1.807, 2.05) is 12.4 Å². The van der Waals surface area contributed by atoms with Crippen molar-refractivity contribution in [3.63, 3.8) is 0 Å². The standard InChI is InChI=1S/C11H17N3O/c12-4-1-11(2-5-15-6-3-11)10-7-13-9-14-8-10/h7-9H,1-6,12H2. The minimum absolute atomic E-state index is 0.147. The highest BCUT2D eigenvalue weighted by Gasteiger charge is 2.33. The van der Waals surface area contributed by atoms with Gasteiger partial charge in [0.1, 0.15) is 6.33 Å². The molecule has 0 radical (unpaired) electrons. The summed E-state index contributed by atoms with van der Waals surface area (Å²) in [4.78, 5) is 8.19. The Kier molecular flexibility index (Phi) is 3.28. The molecule has 1 aromatic rings. The average Bonchev–Trinajstić information content (AvgIpc) is 2.32. The van der Waals surface area contributed by atoms with E-state index >= 15 is 0 Å². The van der Waals surface area contributed by atoms with Crippen molar-refractivity contribution in [1.29, 1.82) is 0 Å². The third-order valence-corrected chi connectivity index (χ3v) is 3.25. The van der Waals surface area contributed by atoms with Crippen LogP contribution in [0.1, 0.15) is 24.8 Å². The fourth-order valence-electron chi connectivity index (χ4n) is 2.29. The molecule has 0 bridgehead atoms. The topological polar surface area (TPSA) is 61.0 Å². The molecule has 0 unspecified atom stereocenters. The van der Waals surface area contributed by atoms with Gasteiger partial charge in [0.05, 0.1) is 0 Å². The monoisotopic (exact) mass is 207 g/mol. The second-order valence-corrected chi connectivity index (χ2v) is 4.06. The Hall–Kier alpha value is -1.00. The van der Waals surface area contributed by atoms with Gasteiger partial charge in [-0.15, -0.1) is 0 Å². The van der Waals surface area contributed by atoms with Gasteiger partial charge in [-0.3, -0.25) is 0 Å². The van der Waals surface area contributed by atoms with Gasteiger partial charge in [-0.05, 0) is 31.4 Å². The Labute approximate surface area is 89.9 Å². The third kappa shape index (κ3) is 2.16. The first kappa shape index (κ1) is 10.5. The largest absolute Gasteiger partial charge is 0.381 e. The molecule has 2 rings (SSSR count). The summed E-state index contributed by atoms with van der Waals surface area (Å²) >= 11 is 0. The first-order valence-corrected chi connectivity index (χ1v) is 5.41. The Morgan fingerprint density at radius 3 is 2.53 bits per heavy atom. The molecule has 15 heavy (non-hydrogen) atoms. The maximum Gasteiger partial charge on any atom is 0.115 e. The maximum absolute atomic E-state index is 5.70. The summed E-state index contributed by atoms with van der Waals surface area (Å²) in [5.74, 6) is 0. The lowest BCUT2D eigenvalue weighted by molar-refractivity contribution is 0.0474. The van der Waals surface area contributed by atoms with Crippen molar-refractivity contribution in [3.05, 3.63) is 24.3 Å². The van der Waals surface area contributed by atoms with Crippen molar-refractivity contribution < 1.29 is 4.74 Å². The molecule has 0 atom stereocenters. The molecule has 4 heteroatoms. The molecular weight excluding hydrogens is 190 g/mol. The molecule has 82 valence electrons. The summed E-state index contributed by atoms with van der Waals surface area (Å²) < 4.78 is 5.41. The van der Waals surface area contributed by atoms with Gasteiger partial charge in [-0.1, -0.05) is 0 Å². The molecule has 1 saturated heterocycles. The van der Waals surface area contributed by atoms with E-state index in [4.69, 9.17) is 10.5 Å². The molecule has 4 nitrogen and oxygen atoms in total. The third-order valence-electron chi connectivity index (χ3n) is 3.25. The van der Waals surface area contributed by atoms with E-state index in [2.05, 4.69) is 9.97 Å². The predicted molar refractivity (Wildman–Crippen MR) is 57.4 cm³/mol. The Morgan fingerprint density at radius 1 is 1.27 bits per heavy atom. The van der Waals surface area contributed by atoms with Crippen LogP contribution in [0.2, 0.25) is 0 Å². The molecule has 0 spiro atoms. The second-order valence-electron chi connectivity index (χ2n) is 4.06. The highest BCUT2D eigenvalue weighted by Crippen LogP contribution is 2.36. The molecule has 2 heterocycles. The smallest absolute Gasteiger partial charge is 0.115 e. The molecule has 1 aliphatic rings. The van der Waals surface area contributed by atoms with Gasteiger partial charge in [0, 0.05) is 31.0 Å². The van der Waals surface area contributed by atoms with Crippen LogP contribution in [0, 0.1) is 0 Å². The van der Waals surface area contributed by atoms with Crippen LogP contribution in [0.3, 0.4) is 0 Å². The number of rotatable bonds is 3. The van der Waals surface area contributed by atoms with Gasteiger partial charge in [-0.2, -0.15) is 0 Å². The molecule has 0 amide bonds. The highest BCUT2D eigenvalue weighted by atomic mass is 16.5. The van der Waals surface area contributed by atoms with E-state index in [1.54, 1.807) is 6.33 Å². The SMILES string of the molecule is NCCC1(c2cncnc2)CCOCC1. The minimum atomic E-state index is 0.147. The van der Waals surface area contributed by atoms with E-state index in [9.17, 15) is 0 Å². The summed E-state index contributed by atoms with van der Waals surface area (Å²) in [5, 5.41) is 0. The molecule has 0 aromatic carbocycles. The number of nitrogens with zero attached hydrogens (tertiary/aromatic N) is 2. The number of aromatic nitrogens is 2. The zero-order chi connectivity index (χ0) is 10.6. The quantitative estimate of drug-likeness (QED) is 0.799. The molecule has 0 aliphatic carbocycles. The van der Waals surface area contributed by atoms with E-state index in [-0.39, 0.29) is 5.41 Å². The van der Waals surface area contributed by atoms with Gasteiger partial charge < -0.3 is 10.5 Å². The minimum Gasteiger partial charge on any atom is -0.381 e. The number of hydrogen-bond acceptors (Lipinski definition) is 4. The molecule has 2 N–H and O–H groups in total. The van der Waals surface area contributed by atoms with Crippen molar-refractivity contribution >= 4 is 0 Å². The Morgan fingerprint density at radius 2 is 1.93 bits per heavy atom. The molecule has 1 aliphatic heterocycles. The van der Waals surface area contributed by atoms with Crippen molar-refractivity contribution in [3.8, 4) is 0 Å². The molecular formula is C11H17N3O. The summed E-state index contributed by atoms with van der Waals surface area (Å²) in [6, 6.07) is 0. The summed E-state index contributed by atoms with van der Waals surface area (Å²) in [5.41, 5.74) is 7.05. The first-order valence-electron chi connectivity index (χ1n) is 5.41. The molecule has 1 fully saturated rings. The van der Waals surface area contributed by atoms with Crippen LogP contribution in [0.15, 0.2) is 18.7 Å². The lowest BCUT2D eigenvalue weighted by atomic mass is 9.73. The van der Waals surface area contributed by atoms with E-state index in [0.29, 0.717) is 6.54 Å². The van der Waals surface area contributed by atoms with Gasteiger partial charge in [0.25, 0.3) is 0 Å². The predicted octanol–water partition coefficient (Wildman–Crippen LogP) is 0.874. The van der Waals surface area contributed by atoms with Gasteiger partial charge in [-0.25, -0.2) is 9.97 Å². The first-order chi connectivity index (χ1) is 7.37. The summed E-state index contributed by atoms with van der Waals surface area (Å²) in [7, 11) is 0. The number of hydrogen-bond donors (Lipinski definition) is 1. The Bertz CT molecular complexity index is 290. The highest BCUT2D eigenvalue weighted by molar-refractivity contribution is 5.19. The van der Waals surface area contributed by atoms with E-state index < -0.39 is 0 Å². The lowest BCUT2D eigenvalue weighted by Gasteiger charge is -2.37. The van der Waals surface area contributed by atoms with Crippen molar-refractivity contribution in [1.82, 2.24) is 9.97 Å². The van der Waals surface area contributed by atoms with Gasteiger partial charge >= 0.3 is 0 Å². The van der Waals surface area contributed by atoms with Crippen LogP contribution in [0.5, 0.6) is 0 Å². The fourth-order valence-corrected chi connectivity index (χ4v) is 2.29. The van der Waals surface area contributed by atoms with Gasteiger partial charge in [0.2, 0.25) is 0 Å². The summed E-state index contributed by atoms with van der Waals surface area (Å²) in [6.07, 6.45) is 8.43. The Balaban J connectivity index is 2.25. The van der Waals surface area contributed by atoms with E-state index in [1.165, 1.54) is 5.56 Å². The number of ether oxygens (including phenoxy) is 1. The van der Waals surface area contributed by atoms with Crippen LogP contribution in [-0.4, -0.2) is 29.7 Å². The maximum atomic E-state index is 5.70. The normalized spacial score (nSPS) is 20.1. The van der Waals surface area contributed by atoms with Crippen molar-refractivity contribution in [2.45, 2.75) is 24.7 Å². The zero-order valence-electron chi connectivity index (χ0n) is 8.85. The lowest BCUT2D eigenvalue weighted by Crippen LogP contribution is -2.36. The van der Waals surface area contributed by atoms with Crippen LogP contribution < -0.4 is 5.73 Å². The van der Waals surface area contributed by atoms with Crippen molar-refractivity contribution in [2.24, 2.45) is 5.73 Å². The van der Waals surface area contributed by atoms with Crippen LogP contribution >= 0.6 is 0 Å². The molecule has 1 aromatic heterocycles. The second kappa shape index (κ2) is 4.68. The van der Waals surface area contributed by atoms with Gasteiger partial charge in [0.15, 0.2) is 0 Å². The average molecular weight is 207 g/mol. The van der Waals surface area contributed by atoms with Crippen LogP contribution in [0.4, 0.5) is 0 Å². The molecule has 0 saturated carbocycles. The van der Waals surface area contributed by atoms with E-state index in [0.717, 1.165) is 32.5 Å². The van der Waals surface area contributed by atoms with Crippen molar-refractivity contribution in [2.75, 3.05) is 19.8 Å². The summed E-state index contributed by atoms with van der Waals surface area (Å²) in [6.45, 7) is 2.33.